The van der Waals surface area contributed by atoms with Gasteiger partial charge < -0.3 is 9.30 Å². The van der Waals surface area contributed by atoms with E-state index in [1.165, 1.54) is 4.57 Å². The second-order valence-electron chi connectivity index (χ2n) is 7.29. The summed E-state index contributed by atoms with van der Waals surface area (Å²) in [6.45, 7) is 7.35. The van der Waals surface area contributed by atoms with Crippen molar-refractivity contribution in [2.75, 3.05) is 6.61 Å². The molecule has 0 aromatic carbocycles. The van der Waals surface area contributed by atoms with Gasteiger partial charge in [0.05, 0.1) is 5.69 Å². The zero-order valence-corrected chi connectivity index (χ0v) is 15.8. The van der Waals surface area contributed by atoms with Crippen molar-refractivity contribution in [2.24, 2.45) is 0 Å². The Morgan fingerprint density at radius 1 is 1.16 bits per heavy atom. The molecule has 0 saturated heterocycles. The molecule has 0 spiro atoms. The molecule has 0 aliphatic rings. The molecule has 0 aliphatic heterocycles. The van der Waals surface area contributed by atoms with Crippen LogP contribution in [-0.4, -0.2) is 35.4 Å². The Kier molecular flexibility index (Phi) is 6.40. The van der Waals surface area contributed by atoms with Gasteiger partial charge >= 0.3 is 6.18 Å². The minimum Gasteiger partial charge on any atom is -0.361 e. The van der Waals surface area contributed by atoms with Crippen LogP contribution < -0.4 is 0 Å². The lowest BCUT2D eigenvalue weighted by molar-refractivity contribution is -0.129. The van der Waals surface area contributed by atoms with Gasteiger partial charge in [0.2, 0.25) is 0 Å². The van der Waals surface area contributed by atoms with Gasteiger partial charge in [0.15, 0.2) is 0 Å². The lowest BCUT2D eigenvalue weighted by Gasteiger charge is -2.16. The third-order valence-electron chi connectivity index (χ3n) is 3.63. The van der Waals surface area contributed by atoms with Crippen LogP contribution >= 0.6 is 0 Å². The van der Waals surface area contributed by atoms with E-state index in [1.54, 1.807) is 18.6 Å². The number of alkyl halides is 3. The van der Waals surface area contributed by atoms with Crippen LogP contribution in [0, 0.1) is 0 Å². The zero-order valence-electron chi connectivity index (χ0n) is 14.8. The minimum atomic E-state index is -4.30. The van der Waals surface area contributed by atoms with E-state index in [-0.39, 0.29) is 12.6 Å². The largest absolute Gasteiger partial charge is 0.396 e. The number of hydrogen-bond acceptors (Lipinski definition) is 3. The number of rotatable bonds is 8. The molecule has 0 radical (unpaired) electrons. The van der Waals surface area contributed by atoms with Crippen LogP contribution in [-0.2, 0) is 24.3 Å². The number of hydrogen-bond donors (Lipinski definition) is 0. The van der Waals surface area contributed by atoms with Gasteiger partial charge in [0.1, 0.15) is 19.0 Å². The topological polar surface area (TPSA) is 39.9 Å². The maximum absolute atomic E-state index is 12.8. The molecule has 0 fully saturated rings. The summed E-state index contributed by atoms with van der Waals surface area (Å²) >= 11 is 0. The molecule has 0 amide bonds. The predicted molar refractivity (Wildman–Crippen MR) is 93.1 cm³/mol. The van der Waals surface area contributed by atoms with Crippen molar-refractivity contribution in [2.45, 2.75) is 51.4 Å². The predicted octanol–water partition coefficient (Wildman–Crippen LogP) is 4.29. The van der Waals surface area contributed by atoms with Crippen LogP contribution in [0.3, 0.4) is 0 Å². The first kappa shape index (κ1) is 19.6. The maximum atomic E-state index is 12.8. The van der Waals surface area contributed by atoms with Crippen LogP contribution in [0.15, 0.2) is 30.7 Å². The lowest BCUT2D eigenvalue weighted by atomic mass is 10.1. The number of halogens is 3. The minimum absolute atomic E-state index is 0.00967. The second kappa shape index (κ2) is 8.14. The molecule has 2 aromatic rings. The molecular weight excluding hydrogens is 347 g/mol. The summed E-state index contributed by atoms with van der Waals surface area (Å²) in [4.78, 5) is 8.11. The van der Waals surface area contributed by atoms with E-state index in [9.17, 15) is 13.2 Å². The fraction of sp³-hybridized carbons (Fsp3) is 0.529. The molecule has 0 unspecified atom stereocenters. The highest BCUT2D eigenvalue weighted by Gasteiger charge is 2.30. The van der Waals surface area contributed by atoms with E-state index in [1.807, 2.05) is 12.1 Å². The third kappa shape index (κ3) is 7.39. The molecule has 25 heavy (non-hydrogen) atoms. The number of aromatic nitrogens is 3. The van der Waals surface area contributed by atoms with E-state index < -0.39 is 20.7 Å². The van der Waals surface area contributed by atoms with Crippen molar-refractivity contribution in [3.8, 4) is 0 Å². The first-order chi connectivity index (χ1) is 11.6. The summed E-state index contributed by atoms with van der Waals surface area (Å²) in [7, 11) is -1.23. The lowest BCUT2D eigenvalue weighted by Crippen LogP contribution is -2.22. The first-order valence-electron chi connectivity index (χ1n) is 8.21. The molecule has 0 bridgehead atoms. The van der Waals surface area contributed by atoms with Crippen molar-refractivity contribution in [1.82, 2.24) is 14.5 Å². The maximum Gasteiger partial charge on any atom is 0.396 e. The van der Waals surface area contributed by atoms with Gasteiger partial charge in [-0.3, -0.25) is 4.98 Å². The van der Waals surface area contributed by atoms with Crippen LogP contribution in [0.5, 0.6) is 0 Å². The summed E-state index contributed by atoms with van der Waals surface area (Å²) in [5.74, 6) is -0.00967. The summed E-state index contributed by atoms with van der Waals surface area (Å²) in [5.41, 5.74) is 1.55. The molecule has 0 aliphatic carbocycles. The van der Waals surface area contributed by atoms with Crippen molar-refractivity contribution < 1.29 is 17.9 Å². The summed E-state index contributed by atoms with van der Waals surface area (Å²) in [5, 5.41) is 0. The number of ether oxygens (including phenoxy) is 1. The van der Waals surface area contributed by atoms with Crippen LogP contribution in [0.25, 0.3) is 0 Å². The summed E-state index contributed by atoms with van der Waals surface area (Å²) in [6.07, 6.45) is 0.0757. The molecule has 2 heterocycles. The summed E-state index contributed by atoms with van der Waals surface area (Å²) < 4.78 is 45.5. The molecule has 138 valence electrons. The van der Waals surface area contributed by atoms with Gasteiger partial charge in [-0.1, -0.05) is 19.6 Å². The average molecular weight is 371 g/mol. The number of pyridine rings is 1. The molecule has 4 nitrogen and oxygen atoms in total. The van der Waals surface area contributed by atoms with Gasteiger partial charge in [0, 0.05) is 39.7 Å². The highest BCUT2D eigenvalue weighted by molar-refractivity contribution is 6.76. The monoisotopic (exact) mass is 371 g/mol. The van der Waals surface area contributed by atoms with Crippen LogP contribution in [0.4, 0.5) is 13.2 Å². The molecule has 2 rings (SSSR count). The van der Waals surface area contributed by atoms with Crippen molar-refractivity contribution >= 4 is 8.07 Å². The Bertz CT molecular complexity index is 666. The van der Waals surface area contributed by atoms with Crippen molar-refractivity contribution in [3.63, 3.8) is 0 Å². The van der Waals surface area contributed by atoms with E-state index in [0.717, 1.165) is 11.6 Å². The SMILES string of the molecule is C[Si](C)(C)CCOCn1cc(Cc2ccncc2)nc1CC(F)(F)F. The van der Waals surface area contributed by atoms with Crippen LogP contribution in [0.2, 0.25) is 25.7 Å². The Morgan fingerprint density at radius 3 is 2.44 bits per heavy atom. The summed E-state index contributed by atoms with van der Waals surface area (Å²) in [6, 6.07) is 4.62. The van der Waals surface area contributed by atoms with E-state index in [4.69, 9.17) is 4.74 Å². The zero-order chi connectivity index (χ0) is 18.5. The molecule has 8 heteroatoms. The second-order valence-corrected chi connectivity index (χ2v) is 12.9. The van der Waals surface area contributed by atoms with E-state index in [2.05, 4.69) is 29.6 Å². The van der Waals surface area contributed by atoms with E-state index in [0.29, 0.717) is 18.7 Å². The average Bonchev–Trinajstić information content (AvgIpc) is 2.83. The first-order valence-corrected chi connectivity index (χ1v) is 11.9. The van der Waals surface area contributed by atoms with Crippen LogP contribution in [0.1, 0.15) is 17.1 Å². The molecule has 2 aromatic heterocycles. The fourth-order valence-electron chi connectivity index (χ4n) is 2.28. The molecule has 0 N–H and O–H groups in total. The van der Waals surface area contributed by atoms with E-state index >= 15 is 0 Å². The number of imidazole rings is 1. The smallest absolute Gasteiger partial charge is 0.361 e. The Morgan fingerprint density at radius 2 is 1.84 bits per heavy atom. The van der Waals surface area contributed by atoms with Gasteiger partial charge in [-0.25, -0.2) is 4.98 Å². The third-order valence-corrected chi connectivity index (χ3v) is 5.33. The molecule has 0 saturated carbocycles. The van der Waals surface area contributed by atoms with Crippen molar-refractivity contribution in [1.29, 1.82) is 0 Å². The van der Waals surface area contributed by atoms with Gasteiger partial charge in [-0.05, 0) is 23.7 Å². The quantitative estimate of drug-likeness (QED) is 0.513. The Hall–Kier alpha value is -1.67. The van der Waals surface area contributed by atoms with Gasteiger partial charge in [-0.2, -0.15) is 13.2 Å². The molecular formula is C17H24F3N3OSi. The number of nitrogens with zero attached hydrogens (tertiary/aromatic N) is 3. The van der Waals surface area contributed by atoms with Gasteiger partial charge in [-0.15, -0.1) is 0 Å². The Balaban J connectivity index is 2.06. The highest BCUT2D eigenvalue weighted by Crippen LogP contribution is 2.22. The standard InChI is InChI=1S/C17H24F3N3OSi/c1-25(2,3)9-8-24-13-23-12-15(10-14-4-6-21-7-5-14)22-16(23)11-17(18,19)20/h4-7,12H,8-11,13H2,1-3H3. The Labute approximate surface area is 147 Å². The normalized spacial score (nSPS) is 12.6. The fourth-order valence-corrected chi connectivity index (χ4v) is 3.04. The highest BCUT2D eigenvalue weighted by atomic mass is 28.3. The van der Waals surface area contributed by atoms with Gasteiger partial charge in [0.25, 0.3) is 0 Å². The molecule has 0 atom stereocenters. The van der Waals surface area contributed by atoms with Crippen molar-refractivity contribution in [3.05, 3.63) is 47.8 Å².